The number of hydrogen-bond acceptors (Lipinski definition) is 5. The molecule has 1 N–H and O–H groups in total. The predicted molar refractivity (Wildman–Crippen MR) is 125 cm³/mol. The van der Waals surface area contributed by atoms with E-state index in [-0.39, 0.29) is 26.9 Å². The third-order valence-electron chi connectivity index (χ3n) is 5.38. The van der Waals surface area contributed by atoms with Crippen LogP contribution in [0, 0.1) is 13.8 Å². The topological polar surface area (TPSA) is 112 Å². The molecule has 0 radical (unpaired) electrons. The van der Waals surface area contributed by atoms with Crippen LogP contribution in [0.25, 0.3) is 11.8 Å². The molecule has 4 amide bonds. The number of amides is 4. The molecule has 1 aliphatic heterocycles. The molecule has 1 aliphatic rings. The Kier molecular flexibility index (Phi) is 6.03. The van der Waals surface area contributed by atoms with Gasteiger partial charge in [0.1, 0.15) is 5.57 Å². The number of aryl methyl sites for hydroxylation is 1. The monoisotopic (exact) mass is 496 g/mol. The van der Waals surface area contributed by atoms with Crippen molar-refractivity contribution in [3.05, 3.63) is 86.7 Å². The first-order valence-corrected chi connectivity index (χ1v) is 10.7. The highest BCUT2D eigenvalue weighted by atomic mass is 35.5. The van der Waals surface area contributed by atoms with Gasteiger partial charge in [0, 0.05) is 17.1 Å². The van der Waals surface area contributed by atoms with Gasteiger partial charge in [0.2, 0.25) is 0 Å². The van der Waals surface area contributed by atoms with Crippen LogP contribution in [0.15, 0.2) is 54.1 Å². The molecule has 2 heterocycles. The predicted octanol–water partition coefficient (Wildman–Crippen LogP) is 3.43. The number of aromatic nitrogens is 1. The summed E-state index contributed by atoms with van der Waals surface area (Å²) >= 11 is 12.2. The van der Waals surface area contributed by atoms with Crippen molar-refractivity contribution in [2.75, 3.05) is 4.90 Å². The number of urea groups is 1. The number of carboxylic acid groups (broad SMARTS) is 1. The number of carbonyl (C=O) groups is 4. The number of barbiturate groups is 1. The van der Waals surface area contributed by atoms with Crippen LogP contribution in [0.5, 0.6) is 0 Å². The Morgan fingerprint density at radius 3 is 2.44 bits per heavy atom. The van der Waals surface area contributed by atoms with E-state index in [2.05, 4.69) is 5.32 Å². The van der Waals surface area contributed by atoms with Gasteiger partial charge < -0.3 is 14.5 Å². The fourth-order valence-corrected chi connectivity index (χ4v) is 4.18. The number of imide groups is 2. The zero-order valence-corrected chi connectivity index (χ0v) is 19.4. The van der Waals surface area contributed by atoms with Gasteiger partial charge in [-0.15, -0.1) is 0 Å². The Bertz CT molecular complexity index is 1420. The maximum atomic E-state index is 13.2. The molecular formula is C24H16Cl2N3O5-. The summed E-state index contributed by atoms with van der Waals surface area (Å²) in [5.41, 5.74) is 2.25. The quantitative estimate of drug-likeness (QED) is 0.439. The minimum atomic E-state index is -1.31. The van der Waals surface area contributed by atoms with Gasteiger partial charge in [0.05, 0.1) is 21.7 Å². The van der Waals surface area contributed by atoms with Crippen LogP contribution in [0.4, 0.5) is 10.5 Å². The standard InChI is InChI=1S/C24H17Cl2N3O5/c1-12-9-15(13(2)28(12)16-6-3-5-14(10-16)23(32)33)11-17-21(30)27-24(34)29(22(17)31)19-8-4-7-18(25)20(19)26/h3-11H,1-2H3,(H,32,33)(H,27,30,34)/p-1/b17-11+. The van der Waals surface area contributed by atoms with E-state index in [0.717, 1.165) is 10.6 Å². The summed E-state index contributed by atoms with van der Waals surface area (Å²) in [5, 5.41) is 13.5. The molecule has 10 heteroatoms. The average molecular weight is 497 g/mol. The van der Waals surface area contributed by atoms with Crippen molar-refractivity contribution in [3.63, 3.8) is 0 Å². The lowest BCUT2D eigenvalue weighted by atomic mass is 10.1. The van der Waals surface area contributed by atoms with E-state index in [1.807, 2.05) is 0 Å². The zero-order chi connectivity index (χ0) is 24.7. The fraction of sp³-hybridized carbons (Fsp3) is 0.0833. The van der Waals surface area contributed by atoms with Gasteiger partial charge in [-0.05, 0) is 61.4 Å². The largest absolute Gasteiger partial charge is 0.545 e. The van der Waals surface area contributed by atoms with Crippen LogP contribution < -0.4 is 15.3 Å². The minimum Gasteiger partial charge on any atom is -0.545 e. The van der Waals surface area contributed by atoms with Gasteiger partial charge in [0.15, 0.2) is 0 Å². The summed E-state index contributed by atoms with van der Waals surface area (Å²) in [6, 6.07) is 11.5. The highest BCUT2D eigenvalue weighted by Crippen LogP contribution is 2.34. The summed E-state index contributed by atoms with van der Waals surface area (Å²) in [4.78, 5) is 50.2. The number of aromatic carboxylic acids is 1. The summed E-state index contributed by atoms with van der Waals surface area (Å²) in [6.07, 6.45) is 1.37. The van der Waals surface area contributed by atoms with Gasteiger partial charge in [-0.25, -0.2) is 9.69 Å². The van der Waals surface area contributed by atoms with Crippen LogP contribution in [0.1, 0.15) is 27.3 Å². The van der Waals surface area contributed by atoms with E-state index in [4.69, 9.17) is 23.2 Å². The Morgan fingerprint density at radius 2 is 1.74 bits per heavy atom. The highest BCUT2D eigenvalue weighted by molar-refractivity contribution is 6.46. The first kappa shape index (κ1) is 23.3. The first-order valence-electron chi connectivity index (χ1n) is 9.96. The maximum Gasteiger partial charge on any atom is 0.336 e. The molecule has 4 rings (SSSR count). The normalized spacial score (nSPS) is 15.1. The molecule has 8 nitrogen and oxygen atoms in total. The molecule has 0 atom stereocenters. The SMILES string of the molecule is Cc1cc(/C=C2\C(=O)NC(=O)N(c3cccc(Cl)c3Cl)C2=O)c(C)n1-c1cccc(C(=O)[O-])c1. The van der Waals surface area contributed by atoms with Crippen molar-refractivity contribution >= 4 is 58.8 Å². The minimum absolute atomic E-state index is 0.00709. The number of carbonyl (C=O) groups excluding carboxylic acids is 4. The third-order valence-corrected chi connectivity index (χ3v) is 6.19. The number of anilines is 1. The molecule has 0 unspecified atom stereocenters. The molecular weight excluding hydrogens is 481 g/mol. The van der Waals surface area contributed by atoms with Crippen molar-refractivity contribution in [2.24, 2.45) is 0 Å². The lowest BCUT2D eigenvalue weighted by Gasteiger charge is -2.27. The molecule has 0 bridgehead atoms. The third kappa shape index (κ3) is 3.98. The van der Waals surface area contributed by atoms with E-state index < -0.39 is 23.8 Å². The van der Waals surface area contributed by atoms with Crippen molar-refractivity contribution in [2.45, 2.75) is 13.8 Å². The number of nitrogens with one attached hydrogen (secondary N) is 1. The van der Waals surface area contributed by atoms with E-state index in [0.29, 0.717) is 16.9 Å². The van der Waals surface area contributed by atoms with E-state index in [1.165, 1.54) is 36.4 Å². The van der Waals surface area contributed by atoms with Crippen molar-refractivity contribution < 1.29 is 24.3 Å². The second-order valence-electron chi connectivity index (χ2n) is 7.53. The van der Waals surface area contributed by atoms with Gasteiger partial charge in [-0.1, -0.05) is 41.4 Å². The van der Waals surface area contributed by atoms with Crippen LogP contribution in [0.2, 0.25) is 10.0 Å². The Hall–Kier alpha value is -3.88. The summed E-state index contributed by atoms with van der Waals surface area (Å²) < 4.78 is 1.78. The van der Waals surface area contributed by atoms with Crippen LogP contribution in [-0.2, 0) is 9.59 Å². The van der Waals surface area contributed by atoms with Gasteiger partial charge >= 0.3 is 6.03 Å². The van der Waals surface area contributed by atoms with Crippen molar-refractivity contribution in [1.82, 2.24) is 9.88 Å². The number of halogens is 2. The van der Waals surface area contributed by atoms with Gasteiger partial charge in [0.25, 0.3) is 11.8 Å². The number of nitrogens with zero attached hydrogens (tertiary/aromatic N) is 2. The van der Waals surface area contributed by atoms with Crippen LogP contribution in [0.3, 0.4) is 0 Å². The van der Waals surface area contributed by atoms with E-state index >= 15 is 0 Å². The maximum absolute atomic E-state index is 13.2. The number of hydrogen-bond donors (Lipinski definition) is 1. The second kappa shape index (κ2) is 8.81. The lowest BCUT2D eigenvalue weighted by molar-refractivity contribution is -0.255. The number of rotatable bonds is 4. The average Bonchev–Trinajstić information content (AvgIpc) is 3.06. The fourth-order valence-electron chi connectivity index (χ4n) is 3.80. The van der Waals surface area contributed by atoms with Crippen molar-refractivity contribution in [3.8, 4) is 5.69 Å². The number of benzene rings is 2. The van der Waals surface area contributed by atoms with E-state index in [9.17, 15) is 24.3 Å². The smallest absolute Gasteiger partial charge is 0.336 e. The number of carboxylic acids is 1. The van der Waals surface area contributed by atoms with Gasteiger partial charge in [-0.2, -0.15) is 0 Å². The van der Waals surface area contributed by atoms with Crippen LogP contribution in [-0.4, -0.2) is 28.4 Å². The Balaban J connectivity index is 1.79. The molecule has 0 aliphatic carbocycles. The molecule has 1 fully saturated rings. The van der Waals surface area contributed by atoms with Gasteiger partial charge in [-0.3, -0.25) is 14.9 Å². The molecule has 34 heavy (non-hydrogen) atoms. The Labute approximate surface area is 204 Å². The Morgan fingerprint density at radius 1 is 1.03 bits per heavy atom. The summed E-state index contributed by atoms with van der Waals surface area (Å²) in [6.45, 7) is 3.55. The summed E-state index contributed by atoms with van der Waals surface area (Å²) in [5.74, 6) is -3.02. The molecule has 0 saturated carbocycles. The molecule has 1 saturated heterocycles. The first-order chi connectivity index (χ1) is 16.1. The zero-order valence-electron chi connectivity index (χ0n) is 17.9. The molecule has 0 spiro atoms. The van der Waals surface area contributed by atoms with Crippen molar-refractivity contribution in [1.29, 1.82) is 0 Å². The lowest BCUT2D eigenvalue weighted by Crippen LogP contribution is -2.54. The molecule has 1 aromatic heterocycles. The highest BCUT2D eigenvalue weighted by Gasteiger charge is 2.38. The molecule has 172 valence electrons. The summed E-state index contributed by atoms with van der Waals surface area (Å²) in [7, 11) is 0. The van der Waals surface area contributed by atoms with E-state index in [1.54, 1.807) is 36.6 Å². The molecule has 2 aromatic carbocycles. The second-order valence-corrected chi connectivity index (χ2v) is 8.32. The molecule has 3 aromatic rings. The van der Waals surface area contributed by atoms with Crippen LogP contribution >= 0.6 is 23.2 Å².